The van der Waals surface area contributed by atoms with E-state index in [9.17, 15) is 9.59 Å². The molecule has 5 heteroatoms. The predicted octanol–water partition coefficient (Wildman–Crippen LogP) is 3.15. The number of aromatic carboxylic acids is 1. The zero-order valence-electron chi connectivity index (χ0n) is 12.4. The van der Waals surface area contributed by atoms with Crippen molar-refractivity contribution in [3.63, 3.8) is 0 Å². The van der Waals surface area contributed by atoms with E-state index in [0.717, 1.165) is 17.0 Å². The van der Waals surface area contributed by atoms with Crippen molar-refractivity contribution in [1.82, 2.24) is 4.90 Å². The topological polar surface area (TPSA) is 57.6 Å². The van der Waals surface area contributed by atoms with Crippen molar-refractivity contribution >= 4 is 23.2 Å². The van der Waals surface area contributed by atoms with Crippen molar-refractivity contribution in [2.45, 2.75) is 40.7 Å². The predicted molar refractivity (Wildman–Crippen MR) is 79.0 cm³/mol. The summed E-state index contributed by atoms with van der Waals surface area (Å²) in [5.74, 6) is -0.357. The molecule has 1 N–H and O–H groups in total. The van der Waals surface area contributed by atoms with Crippen LogP contribution >= 0.6 is 11.3 Å². The van der Waals surface area contributed by atoms with Gasteiger partial charge in [0, 0.05) is 24.4 Å². The molecule has 0 spiro atoms. The quantitative estimate of drug-likeness (QED) is 0.932. The zero-order valence-corrected chi connectivity index (χ0v) is 13.2. The molecule has 1 fully saturated rings. The van der Waals surface area contributed by atoms with Gasteiger partial charge in [-0.3, -0.25) is 4.79 Å². The van der Waals surface area contributed by atoms with Gasteiger partial charge >= 0.3 is 5.97 Å². The Morgan fingerprint density at radius 2 is 2.15 bits per heavy atom. The largest absolute Gasteiger partial charge is 0.477 e. The van der Waals surface area contributed by atoms with Crippen LogP contribution < -0.4 is 0 Å². The van der Waals surface area contributed by atoms with Gasteiger partial charge in [-0.05, 0) is 29.9 Å². The third-order valence-corrected chi connectivity index (χ3v) is 5.11. The van der Waals surface area contributed by atoms with E-state index < -0.39 is 5.97 Å². The first-order valence-electron chi connectivity index (χ1n) is 6.79. The Labute approximate surface area is 123 Å². The number of carbonyl (C=O) groups is 2. The van der Waals surface area contributed by atoms with Crippen molar-refractivity contribution in [2.75, 3.05) is 6.54 Å². The Balaban J connectivity index is 2.11. The van der Waals surface area contributed by atoms with Crippen LogP contribution in [0.2, 0.25) is 0 Å². The summed E-state index contributed by atoms with van der Waals surface area (Å²) in [5, 5.41) is 9.01. The number of carboxylic acid groups (broad SMARTS) is 1. The SMILES string of the molecule is Cc1sc(C(=O)O)cc1CN1CC(C(C)(C)C)CC1=O. The van der Waals surface area contributed by atoms with Crippen LogP contribution in [0.25, 0.3) is 0 Å². The summed E-state index contributed by atoms with van der Waals surface area (Å²) in [6, 6.07) is 1.69. The second kappa shape index (κ2) is 5.20. The maximum Gasteiger partial charge on any atom is 0.345 e. The molecule has 1 amide bonds. The first-order chi connectivity index (χ1) is 9.18. The lowest BCUT2D eigenvalue weighted by Gasteiger charge is -2.26. The fourth-order valence-electron chi connectivity index (χ4n) is 2.49. The molecule has 1 atom stereocenters. The number of thiophene rings is 1. The van der Waals surface area contributed by atoms with Crippen LogP contribution in [0.5, 0.6) is 0 Å². The lowest BCUT2D eigenvalue weighted by Crippen LogP contribution is -2.27. The van der Waals surface area contributed by atoms with Gasteiger partial charge < -0.3 is 10.0 Å². The number of carbonyl (C=O) groups excluding carboxylic acids is 1. The molecule has 110 valence electrons. The average Bonchev–Trinajstić information content (AvgIpc) is 2.84. The summed E-state index contributed by atoms with van der Waals surface area (Å²) in [4.78, 5) is 26.3. The van der Waals surface area contributed by atoms with Crippen molar-refractivity contribution in [1.29, 1.82) is 0 Å². The number of rotatable bonds is 3. The molecule has 20 heavy (non-hydrogen) atoms. The lowest BCUT2D eigenvalue weighted by atomic mass is 9.80. The van der Waals surface area contributed by atoms with E-state index in [1.54, 1.807) is 6.07 Å². The molecule has 0 radical (unpaired) electrons. The molecule has 2 rings (SSSR count). The summed E-state index contributed by atoms with van der Waals surface area (Å²) in [5.41, 5.74) is 1.08. The van der Waals surface area contributed by atoms with Crippen molar-refractivity contribution in [3.05, 3.63) is 21.4 Å². The molecule has 1 aromatic heterocycles. The number of amides is 1. The molecule has 0 saturated carbocycles. The minimum absolute atomic E-state index is 0.125. The standard InChI is InChI=1S/C15H21NO3S/c1-9-10(5-12(20-9)14(18)19)7-16-8-11(6-13(16)17)15(2,3)4/h5,11H,6-8H2,1-4H3,(H,18,19). The molecule has 1 unspecified atom stereocenters. The summed E-state index contributed by atoms with van der Waals surface area (Å²) in [6.45, 7) is 9.68. The van der Waals surface area contributed by atoms with Gasteiger partial charge in [-0.1, -0.05) is 20.8 Å². The van der Waals surface area contributed by atoms with E-state index in [1.165, 1.54) is 11.3 Å². The Hall–Kier alpha value is -1.36. The van der Waals surface area contributed by atoms with E-state index in [2.05, 4.69) is 20.8 Å². The fourth-order valence-corrected chi connectivity index (χ4v) is 3.37. The zero-order chi connectivity index (χ0) is 15.1. The van der Waals surface area contributed by atoms with Gasteiger partial charge in [0.25, 0.3) is 0 Å². The molecule has 1 aliphatic rings. The molecule has 4 nitrogen and oxygen atoms in total. The van der Waals surface area contributed by atoms with Gasteiger partial charge in [0.15, 0.2) is 0 Å². The fraction of sp³-hybridized carbons (Fsp3) is 0.600. The molecule has 2 heterocycles. The van der Waals surface area contributed by atoms with Crippen LogP contribution in [0, 0.1) is 18.3 Å². The maximum absolute atomic E-state index is 12.1. The Kier molecular flexibility index (Phi) is 3.91. The van der Waals surface area contributed by atoms with Gasteiger partial charge in [0.1, 0.15) is 4.88 Å². The molecule has 1 aliphatic heterocycles. The summed E-state index contributed by atoms with van der Waals surface area (Å²) in [7, 11) is 0. The highest BCUT2D eigenvalue weighted by Gasteiger charge is 2.36. The highest BCUT2D eigenvalue weighted by atomic mass is 32.1. The molecule has 1 saturated heterocycles. The highest BCUT2D eigenvalue weighted by molar-refractivity contribution is 7.14. The van der Waals surface area contributed by atoms with E-state index >= 15 is 0 Å². The Bertz CT molecular complexity index is 542. The van der Waals surface area contributed by atoms with Crippen LogP contribution in [-0.2, 0) is 11.3 Å². The number of carboxylic acids is 1. The van der Waals surface area contributed by atoms with Crippen LogP contribution in [0.3, 0.4) is 0 Å². The summed E-state index contributed by atoms with van der Waals surface area (Å²) in [6.07, 6.45) is 0.596. The maximum atomic E-state index is 12.1. The smallest absolute Gasteiger partial charge is 0.345 e. The number of aryl methyl sites for hydroxylation is 1. The van der Waals surface area contributed by atoms with Gasteiger partial charge in [-0.15, -0.1) is 11.3 Å². The van der Waals surface area contributed by atoms with Crippen molar-refractivity contribution < 1.29 is 14.7 Å². The molecule has 0 aliphatic carbocycles. The van der Waals surface area contributed by atoms with E-state index in [4.69, 9.17) is 5.11 Å². The van der Waals surface area contributed by atoms with Gasteiger partial charge in [-0.2, -0.15) is 0 Å². The first-order valence-corrected chi connectivity index (χ1v) is 7.60. The minimum atomic E-state index is -0.898. The molecular formula is C15H21NO3S. The van der Waals surface area contributed by atoms with Gasteiger partial charge in [-0.25, -0.2) is 4.79 Å². The molecule has 0 bridgehead atoms. The number of likely N-dealkylation sites (tertiary alicyclic amines) is 1. The van der Waals surface area contributed by atoms with Crippen LogP contribution in [-0.4, -0.2) is 28.4 Å². The molecular weight excluding hydrogens is 274 g/mol. The van der Waals surface area contributed by atoms with Crippen molar-refractivity contribution in [3.8, 4) is 0 Å². The average molecular weight is 295 g/mol. The Morgan fingerprint density at radius 3 is 2.60 bits per heavy atom. The van der Waals surface area contributed by atoms with Crippen LogP contribution in [0.15, 0.2) is 6.07 Å². The van der Waals surface area contributed by atoms with Crippen LogP contribution in [0.4, 0.5) is 0 Å². The summed E-state index contributed by atoms with van der Waals surface area (Å²) >= 11 is 1.28. The molecule has 1 aromatic rings. The second-order valence-corrected chi connectivity index (χ2v) is 7.79. The number of hydrogen-bond acceptors (Lipinski definition) is 3. The van der Waals surface area contributed by atoms with Gasteiger partial charge in [0.2, 0.25) is 5.91 Å². The minimum Gasteiger partial charge on any atom is -0.477 e. The highest BCUT2D eigenvalue weighted by Crippen LogP contribution is 2.35. The first kappa shape index (κ1) is 15.0. The van der Waals surface area contributed by atoms with Crippen LogP contribution in [0.1, 0.15) is 47.3 Å². The van der Waals surface area contributed by atoms with E-state index in [1.807, 2.05) is 11.8 Å². The monoisotopic (exact) mass is 295 g/mol. The molecule has 0 aromatic carbocycles. The van der Waals surface area contributed by atoms with E-state index in [0.29, 0.717) is 23.8 Å². The number of hydrogen-bond donors (Lipinski definition) is 1. The van der Waals surface area contributed by atoms with Gasteiger partial charge in [0.05, 0.1) is 0 Å². The summed E-state index contributed by atoms with van der Waals surface area (Å²) < 4.78 is 0. The van der Waals surface area contributed by atoms with E-state index in [-0.39, 0.29) is 11.3 Å². The third kappa shape index (κ3) is 3.03. The lowest BCUT2D eigenvalue weighted by molar-refractivity contribution is -0.128. The van der Waals surface area contributed by atoms with Crippen molar-refractivity contribution in [2.24, 2.45) is 11.3 Å². The third-order valence-electron chi connectivity index (χ3n) is 4.03. The second-order valence-electron chi connectivity index (χ2n) is 6.54. The number of nitrogens with zero attached hydrogens (tertiary/aromatic N) is 1. The Morgan fingerprint density at radius 1 is 1.50 bits per heavy atom. The normalized spacial score (nSPS) is 19.7.